The van der Waals surface area contributed by atoms with Gasteiger partial charge in [-0.05, 0) is 54.5 Å². The smallest absolute Gasteiger partial charge is 0.232 e. The van der Waals surface area contributed by atoms with E-state index in [1.165, 1.54) is 16.7 Å². The molecule has 0 saturated carbocycles. The maximum Gasteiger partial charge on any atom is 0.232 e. The van der Waals surface area contributed by atoms with E-state index in [1.807, 2.05) is 17.1 Å². The summed E-state index contributed by atoms with van der Waals surface area (Å²) in [6.07, 6.45) is 7.84. The minimum Gasteiger partial charge on any atom is -0.378 e. The summed E-state index contributed by atoms with van der Waals surface area (Å²) in [4.78, 5) is 4.21. The van der Waals surface area contributed by atoms with Crippen LogP contribution in [0.2, 0.25) is 0 Å². The van der Waals surface area contributed by atoms with Crippen molar-refractivity contribution in [3.05, 3.63) is 71.3 Å². The largest absolute Gasteiger partial charge is 0.378 e. The lowest BCUT2D eigenvalue weighted by Gasteiger charge is -2.54. The molecule has 4 aliphatic heterocycles. The zero-order valence-corrected chi connectivity index (χ0v) is 23.3. The monoisotopic (exact) mass is 536 g/mol. The van der Waals surface area contributed by atoms with Crippen LogP contribution in [0.3, 0.4) is 0 Å². The quantitative estimate of drug-likeness (QED) is 0.584. The molecule has 7 nitrogen and oxygen atoms in total. The van der Waals surface area contributed by atoms with E-state index in [0.717, 1.165) is 43.4 Å². The lowest BCUT2D eigenvalue weighted by atomic mass is 9.79. The summed E-state index contributed by atoms with van der Waals surface area (Å²) in [7, 11) is -3.55. The van der Waals surface area contributed by atoms with Crippen molar-refractivity contribution in [1.29, 1.82) is 0 Å². The van der Waals surface area contributed by atoms with Crippen molar-refractivity contribution in [2.24, 2.45) is 0 Å². The number of fused-ring (bicyclic) bond motifs is 2. The molecule has 0 spiro atoms. The van der Waals surface area contributed by atoms with Crippen molar-refractivity contribution in [3.8, 4) is 11.1 Å². The number of benzene rings is 2. The summed E-state index contributed by atoms with van der Waals surface area (Å²) in [5, 5.41) is 14.1. The van der Waals surface area contributed by atoms with Crippen LogP contribution in [0.5, 0.6) is 0 Å². The van der Waals surface area contributed by atoms with Crippen LogP contribution in [0.15, 0.2) is 54.6 Å². The first-order valence-electron chi connectivity index (χ1n) is 14.1. The van der Waals surface area contributed by atoms with Crippen LogP contribution in [-0.4, -0.2) is 84.2 Å². The fourth-order valence-corrected chi connectivity index (χ4v) is 8.79. The van der Waals surface area contributed by atoms with Gasteiger partial charge in [-0.3, -0.25) is 15.1 Å². The van der Waals surface area contributed by atoms with Crippen LogP contribution in [0, 0.1) is 13.8 Å². The summed E-state index contributed by atoms with van der Waals surface area (Å²) in [6.45, 7) is 7.00. The molecule has 5 atom stereocenters. The standard InChI is InChI=1S/C30H40N4O3S/c1-21-9-8-10-25(22(21)2)23-12-14-24(15-13-23)29-26-20-32(16-6-7-17-33(26)30(29)35)38(36,37)28-19-31-27-11-4-3-5-18-34(27)28/h6-10,12-15,26-31,35H,3-5,11,16-20H2,1-2H3/b7-6-/t26-,27?,28?,29-,30+/m0/s1. The minimum atomic E-state index is -3.55. The van der Waals surface area contributed by atoms with E-state index in [1.54, 1.807) is 4.31 Å². The average Bonchev–Trinajstić information content (AvgIpc) is 3.17. The Labute approximate surface area is 227 Å². The number of aryl methyl sites for hydroxylation is 1. The first-order valence-corrected chi connectivity index (χ1v) is 15.6. The molecule has 38 heavy (non-hydrogen) atoms. The first kappa shape index (κ1) is 26.2. The second-order valence-electron chi connectivity index (χ2n) is 11.4. The van der Waals surface area contributed by atoms with Gasteiger partial charge >= 0.3 is 0 Å². The second kappa shape index (κ2) is 10.5. The van der Waals surface area contributed by atoms with Gasteiger partial charge in [0.25, 0.3) is 0 Å². The number of aliphatic hydroxyl groups is 1. The third-order valence-corrected chi connectivity index (χ3v) is 11.4. The fraction of sp³-hybridized carbons (Fsp3) is 0.533. The highest BCUT2D eigenvalue weighted by Gasteiger charge is 2.51. The molecule has 2 unspecified atom stereocenters. The van der Waals surface area contributed by atoms with E-state index >= 15 is 0 Å². The van der Waals surface area contributed by atoms with Gasteiger partial charge < -0.3 is 5.11 Å². The number of nitrogens with zero attached hydrogens (tertiary/aromatic N) is 3. The molecule has 2 aromatic rings. The van der Waals surface area contributed by atoms with Gasteiger partial charge in [-0.1, -0.05) is 67.5 Å². The van der Waals surface area contributed by atoms with Crippen LogP contribution >= 0.6 is 0 Å². The second-order valence-corrected chi connectivity index (χ2v) is 13.5. The van der Waals surface area contributed by atoms with Crippen LogP contribution in [-0.2, 0) is 10.0 Å². The predicted octanol–water partition coefficient (Wildman–Crippen LogP) is 3.39. The molecule has 0 bridgehead atoms. The molecule has 0 aromatic heterocycles. The Morgan fingerprint density at radius 2 is 1.74 bits per heavy atom. The average molecular weight is 537 g/mol. The maximum absolute atomic E-state index is 14.0. The molecule has 6 rings (SSSR count). The lowest BCUT2D eigenvalue weighted by molar-refractivity contribution is -0.139. The molecule has 204 valence electrons. The van der Waals surface area contributed by atoms with E-state index in [0.29, 0.717) is 26.2 Å². The predicted molar refractivity (Wildman–Crippen MR) is 151 cm³/mol. The van der Waals surface area contributed by atoms with Crippen molar-refractivity contribution in [2.75, 3.05) is 32.7 Å². The van der Waals surface area contributed by atoms with Crippen molar-refractivity contribution in [3.63, 3.8) is 0 Å². The minimum absolute atomic E-state index is 0.0643. The molecule has 3 fully saturated rings. The normalized spacial score (nSPS) is 31.9. The summed E-state index contributed by atoms with van der Waals surface area (Å²) < 4.78 is 29.7. The number of aliphatic hydroxyl groups excluding tert-OH is 1. The van der Waals surface area contributed by atoms with Gasteiger partial charge in [-0.2, -0.15) is 4.31 Å². The number of hydrogen-bond acceptors (Lipinski definition) is 6. The van der Waals surface area contributed by atoms with Gasteiger partial charge in [-0.15, -0.1) is 0 Å². The Bertz CT molecular complexity index is 1300. The molecule has 0 amide bonds. The number of rotatable bonds is 4. The van der Waals surface area contributed by atoms with E-state index in [4.69, 9.17) is 0 Å². The van der Waals surface area contributed by atoms with Gasteiger partial charge in [0.05, 0.1) is 6.17 Å². The van der Waals surface area contributed by atoms with Gasteiger partial charge in [0, 0.05) is 44.7 Å². The summed E-state index contributed by atoms with van der Waals surface area (Å²) in [5.74, 6) is -0.125. The molecule has 0 aliphatic carbocycles. The third kappa shape index (κ3) is 4.55. The van der Waals surface area contributed by atoms with Crippen molar-refractivity contribution in [1.82, 2.24) is 19.4 Å². The van der Waals surface area contributed by atoms with Gasteiger partial charge in [0.15, 0.2) is 0 Å². The molecule has 8 heteroatoms. The Morgan fingerprint density at radius 3 is 2.55 bits per heavy atom. The first-order chi connectivity index (χ1) is 18.4. The Hall–Kier alpha value is -2.07. The summed E-state index contributed by atoms with van der Waals surface area (Å²) in [6, 6.07) is 14.8. The summed E-state index contributed by atoms with van der Waals surface area (Å²) in [5.41, 5.74) is 5.98. The van der Waals surface area contributed by atoms with Crippen molar-refractivity contribution >= 4 is 10.0 Å². The van der Waals surface area contributed by atoms with Crippen molar-refractivity contribution in [2.45, 2.75) is 69.3 Å². The molecular weight excluding hydrogens is 496 g/mol. The lowest BCUT2D eigenvalue weighted by Crippen LogP contribution is -2.66. The van der Waals surface area contributed by atoms with Gasteiger partial charge in [0.1, 0.15) is 11.6 Å². The highest BCUT2D eigenvalue weighted by atomic mass is 32.2. The summed E-state index contributed by atoms with van der Waals surface area (Å²) >= 11 is 0. The zero-order valence-electron chi connectivity index (χ0n) is 22.5. The Kier molecular flexibility index (Phi) is 7.22. The molecule has 3 saturated heterocycles. The number of sulfonamides is 1. The number of nitrogens with one attached hydrogen (secondary N) is 1. The van der Waals surface area contributed by atoms with Gasteiger partial charge in [0.2, 0.25) is 10.0 Å². The molecule has 0 radical (unpaired) electrons. The van der Waals surface area contributed by atoms with Crippen LogP contribution in [0.4, 0.5) is 0 Å². The van der Waals surface area contributed by atoms with Crippen LogP contribution < -0.4 is 5.32 Å². The number of hydrogen-bond donors (Lipinski definition) is 2. The molecule has 2 aromatic carbocycles. The van der Waals surface area contributed by atoms with Crippen LogP contribution in [0.25, 0.3) is 11.1 Å². The highest BCUT2D eigenvalue weighted by molar-refractivity contribution is 7.89. The Balaban J connectivity index is 1.24. The van der Waals surface area contributed by atoms with E-state index in [9.17, 15) is 13.5 Å². The van der Waals surface area contributed by atoms with E-state index in [2.05, 4.69) is 66.5 Å². The molecule has 4 aliphatic rings. The SMILES string of the molecule is Cc1cccc(-c2ccc([C@@H]3[C@@H](O)N4C/C=C\CN(S(=O)(=O)C5CNC6CCCCCN65)C[C@@H]34)cc2)c1C. The topological polar surface area (TPSA) is 76.1 Å². The van der Waals surface area contributed by atoms with E-state index < -0.39 is 21.6 Å². The maximum atomic E-state index is 14.0. The Morgan fingerprint density at radius 1 is 0.947 bits per heavy atom. The third-order valence-electron chi connectivity index (χ3n) is 9.29. The van der Waals surface area contributed by atoms with Gasteiger partial charge in [-0.25, -0.2) is 8.42 Å². The zero-order chi connectivity index (χ0) is 26.4. The van der Waals surface area contributed by atoms with Crippen molar-refractivity contribution < 1.29 is 13.5 Å². The highest BCUT2D eigenvalue weighted by Crippen LogP contribution is 2.41. The van der Waals surface area contributed by atoms with Crippen LogP contribution in [0.1, 0.15) is 48.3 Å². The van der Waals surface area contributed by atoms with E-state index in [-0.39, 0.29) is 18.1 Å². The molecular formula is C30H40N4O3S. The molecule has 2 N–H and O–H groups in total. The molecule has 4 heterocycles. The fourth-order valence-electron chi connectivity index (χ4n) is 6.89.